The zero-order chi connectivity index (χ0) is 14.9. The van der Waals surface area contributed by atoms with Gasteiger partial charge < -0.3 is 20.5 Å². The van der Waals surface area contributed by atoms with E-state index in [1.807, 2.05) is 6.92 Å². The van der Waals surface area contributed by atoms with Gasteiger partial charge in [0.05, 0.1) is 6.10 Å². The molecule has 20 heavy (non-hydrogen) atoms. The molecule has 0 aliphatic carbocycles. The van der Waals surface area contributed by atoms with Gasteiger partial charge in [-0.25, -0.2) is 4.79 Å². The number of carbonyl (C=O) groups excluding carboxylic acids is 1. The van der Waals surface area contributed by atoms with Crippen molar-refractivity contribution in [3.05, 3.63) is 29.3 Å². The topological polar surface area (TPSA) is 92.9 Å². The number of anilines is 1. The number of hydrogen-bond acceptors (Lipinski definition) is 4. The molecule has 0 aromatic heterocycles. The maximum Gasteiger partial charge on any atom is 0.326 e. The van der Waals surface area contributed by atoms with E-state index in [4.69, 9.17) is 10.5 Å². The summed E-state index contributed by atoms with van der Waals surface area (Å²) in [5.41, 5.74) is 7.59. The van der Waals surface area contributed by atoms with Gasteiger partial charge >= 0.3 is 5.97 Å². The Kier molecular flexibility index (Phi) is 3.94. The zero-order valence-corrected chi connectivity index (χ0v) is 11.5. The standard InChI is InChI=1S/C14H18N2O4/c1-8-3-4-9(5-11(8)15)13(17)16-7-10(20-2)6-12(16)14(18)19/h3-5,10,12H,6-7,15H2,1-2H3,(H,18,19). The second kappa shape index (κ2) is 5.50. The summed E-state index contributed by atoms with van der Waals surface area (Å²) in [6.45, 7) is 2.13. The van der Waals surface area contributed by atoms with Crippen LogP contribution in [0.1, 0.15) is 22.3 Å². The Labute approximate surface area is 117 Å². The fraction of sp³-hybridized carbons (Fsp3) is 0.429. The van der Waals surface area contributed by atoms with Crippen LogP contribution in [-0.4, -0.2) is 47.7 Å². The highest BCUT2D eigenvalue weighted by Crippen LogP contribution is 2.24. The lowest BCUT2D eigenvalue weighted by molar-refractivity contribution is -0.141. The lowest BCUT2D eigenvalue weighted by atomic mass is 10.1. The van der Waals surface area contributed by atoms with E-state index in [1.54, 1.807) is 18.2 Å². The molecular formula is C14H18N2O4. The molecule has 1 fully saturated rings. The van der Waals surface area contributed by atoms with Crippen LogP contribution in [-0.2, 0) is 9.53 Å². The van der Waals surface area contributed by atoms with Crippen LogP contribution < -0.4 is 5.73 Å². The van der Waals surface area contributed by atoms with Crippen molar-refractivity contribution in [3.8, 4) is 0 Å². The number of nitrogen functional groups attached to an aromatic ring is 1. The number of rotatable bonds is 3. The molecule has 0 bridgehead atoms. The van der Waals surface area contributed by atoms with Crippen molar-refractivity contribution >= 4 is 17.6 Å². The Morgan fingerprint density at radius 3 is 2.70 bits per heavy atom. The maximum absolute atomic E-state index is 12.4. The van der Waals surface area contributed by atoms with Gasteiger partial charge in [-0.05, 0) is 24.6 Å². The molecule has 2 atom stereocenters. The van der Waals surface area contributed by atoms with Crippen LogP contribution in [0, 0.1) is 6.92 Å². The number of benzene rings is 1. The number of nitrogens with zero attached hydrogens (tertiary/aromatic N) is 1. The fourth-order valence-electron chi connectivity index (χ4n) is 2.37. The monoisotopic (exact) mass is 278 g/mol. The van der Waals surface area contributed by atoms with Crippen molar-refractivity contribution in [2.75, 3.05) is 19.4 Å². The van der Waals surface area contributed by atoms with E-state index in [0.717, 1.165) is 5.56 Å². The summed E-state index contributed by atoms with van der Waals surface area (Å²) in [7, 11) is 1.52. The van der Waals surface area contributed by atoms with E-state index in [9.17, 15) is 14.7 Å². The van der Waals surface area contributed by atoms with Gasteiger partial charge in [0.25, 0.3) is 5.91 Å². The van der Waals surface area contributed by atoms with Gasteiger partial charge in [-0.15, -0.1) is 0 Å². The van der Waals surface area contributed by atoms with Gasteiger partial charge in [-0.3, -0.25) is 4.79 Å². The summed E-state index contributed by atoms with van der Waals surface area (Å²) in [4.78, 5) is 25.0. The van der Waals surface area contributed by atoms with Crippen molar-refractivity contribution in [1.29, 1.82) is 0 Å². The Morgan fingerprint density at radius 1 is 1.45 bits per heavy atom. The first-order chi connectivity index (χ1) is 9.43. The number of carboxylic acids is 1. The molecule has 1 aromatic rings. The van der Waals surface area contributed by atoms with Gasteiger partial charge in [0.1, 0.15) is 6.04 Å². The van der Waals surface area contributed by atoms with Crippen LogP contribution in [0.5, 0.6) is 0 Å². The highest BCUT2D eigenvalue weighted by Gasteiger charge is 2.40. The molecule has 1 amide bonds. The third-order valence-corrected chi connectivity index (χ3v) is 3.67. The van der Waals surface area contributed by atoms with Crippen molar-refractivity contribution in [3.63, 3.8) is 0 Å². The molecule has 0 radical (unpaired) electrons. The second-order valence-corrected chi connectivity index (χ2v) is 4.98. The summed E-state index contributed by atoms with van der Waals surface area (Å²) in [5, 5.41) is 9.22. The van der Waals surface area contributed by atoms with Crippen LogP contribution in [0.25, 0.3) is 0 Å². The minimum Gasteiger partial charge on any atom is -0.480 e. The molecule has 1 aliphatic rings. The van der Waals surface area contributed by atoms with Crippen molar-refractivity contribution in [1.82, 2.24) is 4.90 Å². The number of aryl methyl sites for hydroxylation is 1. The number of hydrogen-bond donors (Lipinski definition) is 2. The molecule has 108 valence electrons. The average Bonchev–Trinajstić information content (AvgIpc) is 2.85. The summed E-state index contributed by atoms with van der Waals surface area (Å²) >= 11 is 0. The number of nitrogens with two attached hydrogens (primary N) is 1. The minimum absolute atomic E-state index is 0.247. The van der Waals surface area contributed by atoms with Crippen LogP contribution in [0.2, 0.25) is 0 Å². The largest absolute Gasteiger partial charge is 0.480 e. The van der Waals surface area contributed by atoms with Gasteiger partial charge in [0, 0.05) is 31.3 Å². The molecule has 6 nitrogen and oxygen atoms in total. The van der Waals surface area contributed by atoms with Gasteiger partial charge in [-0.1, -0.05) is 6.07 Å². The van der Waals surface area contributed by atoms with Crippen LogP contribution in [0.15, 0.2) is 18.2 Å². The summed E-state index contributed by atoms with van der Waals surface area (Å²) in [6.07, 6.45) is 0.0571. The lowest BCUT2D eigenvalue weighted by Gasteiger charge is -2.21. The molecule has 2 unspecified atom stereocenters. The SMILES string of the molecule is COC1CC(C(=O)O)N(C(=O)c2ccc(C)c(N)c2)C1. The molecule has 0 spiro atoms. The number of ether oxygens (including phenoxy) is 1. The molecule has 1 saturated heterocycles. The third kappa shape index (κ3) is 2.60. The van der Waals surface area contributed by atoms with E-state index in [2.05, 4.69) is 0 Å². The smallest absolute Gasteiger partial charge is 0.326 e. The van der Waals surface area contributed by atoms with E-state index in [-0.39, 0.29) is 18.6 Å². The number of carboxylic acid groups (broad SMARTS) is 1. The predicted molar refractivity (Wildman–Crippen MR) is 73.5 cm³/mol. The van der Waals surface area contributed by atoms with E-state index < -0.39 is 12.0 Å². The first kappa shape index (κ1) is 14.3. The van der Waals surface area contributed by atoms with Crippen molar-refractivity contribution < 1.29 is 19.4 Å². The predicted octanol–water partition coefficient (Wildman–Crippen LogP) is 0.891. The van der Waals surface area contributed by atoms with Crippen LogP contribution >= 0.6 is 0 Å². The Bertz CT molecular complexity index is 544. The van der Waals surface area contributed by atoms with Gasteiger partial charge in [0.2, 0.25) is 0 Å². The zero-order valence-electron chi connectivity index (χ0n) is 11.5. The first-order valence-electron chi connectivity index (χ1n) is 6.36. The Morgan fingerprint density at radius 2 is 2.15 bits per heavy atom. The highest BCUT2D eigenvalue weighted by molar-refractivity contribution is 5.97. The second-order valence-electron chi connectivity index (χ2n) is 4.98. The number of likely N-dealkylation sites (tertiary alicyclic amines) is 1. The van der Waals surface area contributed by atoms with E-state index >= 15 is 0 Å². The fourth-order valence-corrected chi connectivity index (χ4v) is 2.37. The Balaban J connectivity index is 2.26. The molecule has 1 heterocycles. The number of aliphatic carboxylic acids is 1. The van der Waals surface area contributed by atoms with Gasteiger partial charge in [-0.2, -0.15) is 0 Å². The van der Waals surface area contributed by atoms with Crippen molar-refractivity contribution in [2.45, 2.75) is 25.5 Å². The molecule has 3 N–H and O–H groups in total. The number of amides is 1. The number of carbonyl (C=O) groups is 2. The molecule has 0 saturated carbocycles. The normalized spacial score (nSPS) is 22.0. The molecule has 2 rings (SSSR count). The summed E-state index contributed by atoms with van der Waals surface area (Å²) in [5.74, 6) is -1.35. The Hall–Kier alpha value is -2.08. The average molecular weight is 278 g/mol. The quantitative estimate of drug-likeness (QED) is 0.801. The summed E-state index contributed by atoms with van der Waals surface area (Å²) < 4.78 is 5.17. The number of methoxy groups -OCH3 is 1. The first-order valence-corrected chi connectivity index (χ1v) is 6.36. The van der Waals surface area contributed by atoms with Gasteiger partial charge in [0.15, 0.2) is 0 Å². The minimum atomic E-state index is -1.02. The van der Waals surface area contributed by atoms with E-state index in [0.29, 0.717) is 17.7 Å². The van der Waals surface area contributed by atoms with Crippen LogP contribution in [0.3, 0.4) is 0 Å². The lowest BCUT2D eigenvalue weighted by Crippen LogP contribution is -2.40. The highest BCUT2D eigenvalue weighted by atomic mass is 16.5. The molecule has 6 heteroatoms. The van der Waals surface area contributed by atoms with Crippen molar-refractivity contribution in [2.24, 2.45) is 0 Å². The summed E-state index contributed by atoms with van der Waals surface area (Å²) in [6, 6.07) is 4.14. The maximum atomic E-state index is 12.4. The van der Waals surface area contributed by atoms with E-state index in [1.165, 1.54) is 12.0 Å². The van der Waals surface area contributed by atoms with Crippen LogP contribution in [0.4, 0.5) is 5.69 Å². The third-order valence-electron chi connectivity index (χ3n) is 3.67. The molecule has 1 aliphatic heterocycles. The molecular weight excluding hydrogens is 260 g/mol. The molecule has 1 aromatic carbocycles.